The lowest BCUT2D eigenvalue weighted by molar-refractivity contribution is -0.139. The van der Waals surface area contributed by atoms with E-state index >= 15 is 0 Å². The Morgan fingerprint density at radius 1 is 1.41 bits per heavy atom. The van der Waals surface area contributed by atoms with Crippen LogP contribution in [-0.4, -0.2) is 66.7 Å². The van der Waals surface area contributed by atoms with Gasteiger partial charge in [-0.15, -0.1) is 19.0 Å². The van der Waals surface area contributed by atoms with Gasteiger partial charge in [-0.2, -0.15) is 0 Å². The number of piperidine rings is 1. The lowest BCUT2D eigenvalue weighted by atomic mass is 10.0. The molecule has 130 valence electrons. The summed E-state index contributed by atoms with van der Waals surface area (Å²) < 4.78 is 25.2. The van der Waals surface area contributed by atoms with Gasteiger partial charge in [-0.25, -0.2) is 12.7 Å². The van der Waals surface area contributed by atoms with Gasteiger partial charge in [-0.1, -0.05) is 6.08 Å². The maximum absolute atomic E-state index is 11.8. The molecule has 22 heavy (non-hydrogen) atoms. The van der Waals surface area contributed by atoms with Crippen molar-refractivity contribution in [2.24, 2.45) is 0 Å². The third-order valence-corrected chi connectivity index (χ3v) is 5.77. The molecule has 0 aromatic carbocycles. The molecular weight excluding hydrogens is 328 g/mol. The number of aliphatic carboxylic acids is 1. The molecule has 1 heterocycles. The van der Waals surface area contributed by atoms with Gasteiger partial charge in [0.2, 0.25) is 10.0 Å². The third-order valence-electron chi connectivity index (χ3n) is 3.89. The molecule has 1 fully saturated rings. The fourth-order valence-electron chi connectivity index (χ4n) is 2.67. The van der Waals surface area contributed by atoms with Crippen molar-refractivity contribution in [3.05, 3.63) is 12.7 Å². The van der Waals surface area contributed by atoms with Gasteiger partial charge in [-0.05, 0) is 39.2 Å². The van der Waals surface area contributed by atoms with Crippen LogP contribution in [-0.2, 0) is 14.8 Å². The van der Waals surface area contributed by atoms with Crippen molar-refractivity contribution >= 4 is 28.4 Å². The molecule has 6 nitrogen and oxygen atoms in total. The van der Waals surface area contributed by atoms with E-state index in [9.17, 15) is 13.2 Å². The standard InChI is InChI=1S/C14H26N2O4S.ClH/c1-3-5-6-9-15(12-14(17)18)13-7-10-16(11-8-13)21(19,20)4-2;/h3,13H,1,4-12H2,2H3,(H,17,18);1H. The predicted molar refractivity (Wildman–Crippen MR) is 89.9 cm³/mol. The normalized spacial score (nSPS) is 17.2. The molecule has 0 atom stereocenters. The van der Waals surface area contributed by atoms with Crippen molar-refractivity contribution < 1.29 is 18.3 Å². The van der Waals surface area contributed by atoms with Crippen LogP contribution in [0.2, 0.25) is 0 Å². The maximum Gasteiger partial charge on any atom is 0.317 e. The summed E-state index contributed by atoms with van der Waals surface area (Å²) in [6.07, 6.45) is 4.96. The highest BCUT2D eigenvalue weighted by Gasteiger charge is 2.30. The first kappa shape index (κ1) is 21.4. The summed E-state index contributed by atoms with van der Waals surface area (Å²) in [4.78, 5) is 12.9. The second kappa shape index (κ2) is 10.2. The van der Waals surface area contributed by atoms with E-state index in [0.717, 1.165) is 12.8 Å². The molecule has 0 saturated carbocycles. The molecule has 1 N–H and O–H groups in total. The number of halogens is 1. The van der Waals surface area contributed by atoms with Gasteiger partial charge >= 0.3 is 5.97 Å². The molecule has 0 radical (unpaired) electrons. The first-order chi connectivity index (χ1) is 9.90. The average Bonchev–Trinajstić information content (AvgIpc) is 2.46. The molecule has 0 unspecified atom stereocenters. The third kappa shape index (κ3) is 6.64. The smallest absolute Gasteiger partial charge is 0.317 e. The fourth-order valence-corrected chi connectivity index (χ4v) is 3.80. The van der Waals surface area contributed by atoms with Gasteiger partial charge in [0.15, 0.2) is 0 Å². The Kier molecular flexibility index (Phi) is 9.91. The largest absolute Gasteiger partial charge is 0.480 e. The molecule has 8 heteroatoms. The highest BCUT2D eigenvalue weighted by Crippen LogP contribution is 2.19. The minimum absolute atomic E-state index is 0. The van der Waals surface area contributed by atoms with Crippen molar-refractivity contribution in [2.75, 3.05) is 31.9 Å². The van der Waals surface area contributed by atoms with Crippen molar-refractivity contribution in [1.29, 1.82) is 0 Å². The number of carboxylic acids is 1. The highest BCUT2D eigenvalue weighted by atomic mass is 35.5. The van der Waals surface area contributed by atoms with E-state index in [-0.39, 0.29) is 30.7 Å². The van der Waals surface area contributed by atoms with Gasteiger partial charge in [0, 0.05) is 19.1 Å². The Morgan fingerprint density at radius 2 is 2.00 bits per heavy atom. The minimum atomic E-state index is -3.13. The Labute approximate surface area is 139 Å². The molecule has 1 aliphatic heterocycles. The topological polar surface area (TPSA) is 77.9 Å². The van der Waals surface area contributed by atoms with Crippen LogP contribution in [0.15, 0.2) is 12.7 Å². The van der Waals surface area contributed by atoms with Crippen LogP contribution in [0.4, 0.5) is 0 Å². The van der Waals surface area contributed by atoms with Crippen LogP contribution in [0.1, 0.15) is 32.6 Å². The van der Waals surface area contributed by atoms with Gasteiger partial charge in [0.25, 0.3) is 0 Å². The number of allylic oxidation sites excluding steroid dienone is 1. The number of nitrogens with zero attached hydrogens (tertiary/aromatic N) is 2. The number of hydrogen-bond acceptors (Lipinski definition) is 4. The average molecular weight is 355 g/mol. The zero-order chi connectivity index (χ0) is 15.9. The number of rotatable bonds is 9. The monoisotopic (exact) mass is 354 g/mol. The van der Waals surface area contributed by atoms with Crippen LogP contribution < -0.4 is 0 Å². The van der Waals surface area contributed by atoms with E-state index in [0.29, 0.717) is 32.5 Å². The summed E-state index contributed by atoms with van der Waals surface area (Å²) in [7, 11) is -3.13. The number of sulfonamides is 1. The fraction of sp³-hybridized carbons (Fsp3) is 0.786. The highest BCUT2D eigenvalue weighted by molar-refractivity contribution is 7.89. The van der Waals surface area contributed by atoms with Crippen molar-refractivity contribution in [3.63, 3.8) is 0 Å². The summed E-state index contributed by atoms with van der Waals surface area (Å²) in [5.41, 5.74) is 0. The quantitative estimate of drug-likeness (QED) is 0.502. The van der Waals surface area contributed by atoms with Crippen molar-refractivity contribution in [2.45, 2.75) is 38.6 Å². The molecular formula is C14H27ClN2O4S. The molecule has 1 aliphatic rings. The number of hydrogen-bond donors (Lipinski definition) is 1. The van der Waals surface area contributed by atoms with Crippen molar-refractivity contribution in [1.82, 2.24) is 9.21 Å². The van der Waals surface area contributed by atoms with Crippen molar-refractivity contribution in [3.8, 4) is 0 Å². The summed E-state index contributed by atoms with van der Waals surface area (Å²) in [5, 5.41) is 9.02. The molecule has 0 amide bonds. The van der Waals surface area contributed by atoms with Gasteiger partial charge in [0.05, 0.1) is 12.3 Å². The Hall–Kier alpha value is -0.630. The Morgan fingerprint density at radius 3 is 2.45 bits per heavy atom. The summed E-state index contributed by atoms with van der Waals surface area (Å²) in [6, 6.07) is 0.147. The number of unbranched alkanes of at least 4 members (excludes halogenated alkanes) is 1. The summed E-state index contributed by atoms with van der Waals surface area (Å²) in [6.45, 7) is 7.01. The van der Waals surface area contributed by atoms with Crippen LogP contribution in [0, 0.1) is 0 Å². The number of carboxylic acid groups (broad SMARTS) is 1. The Balaban J connectivity index is 0.00000441. The van der Waals surface area contributed by atoms with E-state index in [1.165, 1.54) is 4.31 Å². The van der Waals surface area contributed by atoms with E-state index in [1.807, 2.05) is 11.0 Å². The summed E-state index contributed by atoms with van der Waals surface area (Å²) >= 11 is 0. The SMILES string of the molecule is C=CCCCN(CC(=O)O)C1CCN(S(=O)(=O)CC)CC1.Cl. The van der Waals surface area contributed by atoms with E-state index in [2.05, 4.69) is 6.58 Å². The molecule has 0 aromatic heterocycles. The van der Waals surface area contributed by atoms with Crippen LogP contribution in [0.3, 0.4) is 0 Å². The first-order valence-electron chi connectivity index (χ1n) is 7.45. The predicted octanol–water partition coefficient (Wildman–Crippen LogP) is 1.58. The van der Waals surface area contributed by atoms with Gasteiger partial charge < -0.3 is 5.11 Å². The van der Waals surface area contributed by atoms with E-state index < -0.39 is 16.0 Å². The van der Waals surface area contributed by atoms with Crippen LogP contribution in [0.25, 0.3) is 0 Å². The maximum atomic E-state index is 11.8. The second-order valence-electron chi connectivity index (χ2n) is 5.33. The van der Waals surface area contributed by atoms with E-state index in [1.54, 1.807) is 6.92 Å². The lowest BCUT2D eigenvalue weighted by Crippen LogP contribution is -2.48. The molecule has 1 rings (SSSR count). The molecule has 0 aromatic rings. The van der Waals surface area contributed by atoms with Gasteiger partial charge in [0.1, 0.15) is 0 Å². The zero-order valence-electron chi connectivity index (χ0n) is 13.1. The minimum Gasteiger partial charge on any atom is -0.480 e. The zero-order valence-corrected chi connectivity index (χ0v) is 14.7. The molecule has 0 bridgehead atoms. The van der Waals surface area contributed by atoms with Gasteiger partial charge in [-0.3, -0.25) is 9.69 Å². The molecule has 1 saturated heterocycles. The number of carbonyl (C=O) groups is 1. The second-order valence-corrected chi connectivity index (χ2v) is 7.58. The Bertz CT molecular complexity index is 448. The van der Waals surface area contributed by atoms with Crippen LogP contribution >= 0.6 is 12.4 Å². The molecule has 0 spiro atoms. The lowest BCUT2D eigenvalue weighted by Gasteiger charge is -2.37. The van der Waals surface area contributed by atoms with E-state index in [4.69, 9.17) is 5.11 Å². The summed E-state index contributed by atoms with van der Waals surface area (Å²) in [5.74, 6) is -0.715. The first-order valence-corrected chi connectivity index (χ1v) is 9.06. The molecule has 0 aliphatic carbocycles. The van der Waals surface area contributed by atoms with Crippen LogP contribution in [0.5, 0.6) is 0 Å².